The number of carbonyl (C=O) groups excluding carboxylic acids is 1. The van der Waals surface area contributed by atoms with Gasteiger partial charge in [0.25, 0.3) is 5.91 Å². The van der Waals surface area contributed by atoms with Crippen molar-refractivity contribution in [1.82, 2.24) is 15.8 Å². The van der Waals surface area contributed by atoms with E-state index in [-0.39, 0.29) is 12.5 Å². The van der Waals surface area contributed by atoms with Crippen LogP contribution in [-0.2, 0) is 4.79 Å². The average molecular weight is 176 g/mol. The molecule has 0 saturated carbocycles. The second-order valence-electron chi connectivity index (χ2n) is 2.57. The molecule has 13 heavy (non-hydrogen) atoms. The van der Waals surface area contributed by atoms with Crippen LogP contribution in [0.3, 0.4) is 0 Å². The van der Waals surface area contributed by atoms with E-state index in [9.17, 15) is 4.79 Å². The Morgan fingerprint density at radius 3 is 2.62 bits per heavy atom. The minimum Gasteiger partial charge on any atom is -0.282 e. The lowest BCUT2D eigenvalue weighted by Crippen LogP contribution is -2.47. The van der Waals surface area contributed by atoms with Gasteiger partial charge in [-0.05, 0) is 12.1 Å². The quantitative estimate of drug-likeness (QED) is 0.604. The Hall–Kier alpha value is -1.91. The number of amidine groups is 1. The number of hydrogen-bond donors (Lipinski definition) is 2. The van der Waals surface area contributed by atoms with Crippen molar-refractivity contribution in [2.24, 2.45) is 4.99 Å². The van der Waals surface area contributed by atoms with Crippen molar-refractivity contribution in [3.05, 3.63) is 30.1 Å². The van der Waals surface area contributed by atoms with Gasteiger partial charge in [-0.25, -0.2) is 0 Å². The number of pyridine rings is 1. The summed E-state index contributed by atoms with van der Waals surface area (Å²) in [6, 6.07) is 3.65. The summed E-state index contributed by atoms with van der Waals surface area (Å²) in [6.07, 6.45) is 3.35. The average Bonchev–Trinajstić information content (AvgIpc) is 2.20. The topological polar surface area (TPSA) is 66.4 Å². The van der Waals surface area contributed by atoms with Crippen molar-refractivity contribution < 1.29 is 4.79 Å². The standard InChI is InChI=1S/C8H8N4O/c13-7-5-10-8(12-11-7)6-1-3-9-4-2-6/h1-4H,5H2,(H,10,12)(H,11,13). The summed E-state index contributed by atoms with van der Waals surface area (Å²) in [7, 11) is 0. The first-order valence-corrected chi connectivity index (χ1v) is 3.86. The van der Waals surface area contributed by atoms with Gasteiger partial charge in [-0.3, -0.25) is 25.6 Å². The summed E-state index contributed by atoms with van der Waals surface area (Å²) in [5.41, 5.74) is 6.11. The lowest BCUT2D eigenvalue weighted by molar-refractivity contribution is -0.120. The van der Waals surface area contributed by atoms with Gasteiger partial charge in [0.1, 0.15) is 12.4 Å². The Morgan fingerprint density at radius 1 is 1.23 bits per heavy atom. The summed E-state index contributed by atoms with van der Waals surface area (Å²) in [6.45, 7) is 0.171. The van der Waals surface area contributed by atoms with E-state index in [1.54, 1.807) is 12.4 Å². The van der Waals surface area contributed by atoms with Crippen LogP contribution >= 0.6 is 0 Å². The molecule has 1 aliphatic rings. The molecule has 0 atom stereocenters. The second-order valence-corrected chi connectivity index (χ2v) is 2.57. The van der Waals surface area contributed by atoms with E-state index in [0.29, 0.717) is 5.84 Å². The zero-order valence-electron chi connectivity index (χ0n) is 6.82. The van der Waals surface area contributed by atoms with Crippen LogP contribution in [0, 0.1) is 0 Å². The maximum absolute atomic E-state index is 10.7. The molecule has 5 nitrogen and oxygen atoms in total. The Labute approximate surface area is 74.9 Å². The molecule has 0 fully saturated rings. The van der Waals surface area contributed by atoms with Gasteiger partial charge in [0.15, 0.2) is 0 Å². The minimum atomic E-state index is -0.127. The predicted molar refractivity (Wildman–Crippen MR) is 46.9 cm³/mol. The fourth-order valence-electron chi connectivity index (χ4n) is 1.03. The molecule has 0 radical (unpaired) electrons. The zero-order chi connectivity index (χ0) is 9.10. The lowest BCUT2D eigenvalue weighted by atomic mass is 10.2. The molecule has 0 aliphatic carbocycles. The molecule has 1 amide bonds. The molecule has 2 heterocycles. The summed E-state index contributed by atoms with van der Waals surface area (Å²) in [5.74, 6) is 0.541. The first-order chi connectivity index (χ1) is 6.36. The highest BCUT2D eigenvalue weighted by molar-refractivity contribution is 6.02. The van der Waals surface area contributed by atoms with E-state index in [1.165, 1.54) is 0 Å². The fourth-order valence-corrected chi connectivity index (χ4v) is 1.03. The van der Waals surface area contributed by atoms with Crippen LogP contribution < -0.4 is 10.9 Å². The van der Waals surface area contributed by atoms with E-state index in [0.717, 1.165) is 5.56 Å². The number of nitrogens with one attached hydrogen (secondary N) is 2. The molecule has 0 bridgehead atoms. The van der Waals surface area contributed by atoms with Crippen LogP contribution in [0.5, 0.6) is 0 Å². The normalized spacial score (nSPS) is 15.7. The number of aliphatic imine (C=N–C) groups is 1. The van der Waals surface area contributed by atoms with Crippen molar-refractivity contribution in [1.29, 1.82) is 0 Å². The maximum atomic E-state index is 10.7. The Bertz CT molecular complexity index is 346. The smallest absolute Gasteiger partial charge is 0.260 e. The fraction of sp³-hybridized carbons (Fsp3) is 0.125. The molecule has 2 rings (SSSR count). The highest BCUT2D eigenvalue weighted by Gasteiger charge is 2.10. The molecule has 0 aromatic carbocycles. The largest absolute Gasteiger partial charge is 0.282 e. The molecular formula is C8H8N4O. The van der Waals surface area contributed by atoms with Crippen molar-refractivity contribution in [3.63, 3.8) is 0 Å². The molecule has 1 aliphatic heterocycles. The van der Waals surface area contributed by atoms with E-state index in [1.807, 2.05) is 12.1 Å². The van der Waals surface area contributed by atoms with Crippen LogP contribution in [0.4, 0.5) is 0 Å². The van der Waals surface area contributed by atoms with E-state index >= 15 is 0 Å². The first-order valence-electron chi connectivity index (χ1n) is 3.86. The van der Waals surface area contributed by atoms with Gasteiger partial charge >= 0.3 is 0 Å². The first kappa shape index (κ1) is 7.72. The number of hydrogen-bond acceptors (Lipinski definition) is 4. The van der Waals surface area contributed by atoms with Crippen molar-refractivity contribution in [2.75, 3.05) is 6.54 Å². The SMILES string of the molecule is O=C1CN=C(c2ccncc2)NN1. The summed E-state index contributed by atoms with van der Waals surface area (Å²) >= 11 is 0. The molecule has 66 valence electrons. The Morgan fingerprint density at radius 2 is 2.00 bits per heavy atom. The van der Waals surface area contributed by atoms with Crippen LogP contribution in [-0.4, -0.2) is 23.3 Å². The van der Waals surface area contributed by atoms with Gasteiger partial charge in [0, 0.05) is 18.0 Å². The monoisotopic (exact) mass is 176 g/mol. The van der Waals surface area contributed by atoms with Crippen LogP contribution in [0.2, 0.25) is 0 Å². The molecule has 1 aromatic heterocycles. The van der Waals surface area contributed by atoms with Crippen molar-refractivity contribution >= 4 is 11.7 Å². The highest BCUT2D eigenvalue weighted by atomic mass is 16.2. The van der Waals surface area contributed by atoms with Gasteiger partial charge in [-0.2, -0.15) is 0 Å². The van der Waals surface area contributed by atoms with Gasteiger partial charge in [0.2, 0.25) is 0 Å². The van der Waals surface area contributed by atoms with Crippen molar-refractivity contribution in [2.45, 2.75) is 0 Å². The molecule has 2 N–H and O–H groups in total. The van der Waals surface area contributed by atoms with Gasteiger partial charge in [-0.15, -0.1) is 0 Å². The molecule has 1 aromatic rings. The van der Waals surface area contributed by atoms with Gasteiger partial charge in [0.05, 0.1) is 0 Å². The molecule has 5 heteroatoms. The van der Waals surface area contributed by atoms with Crippen LogP contribution in [0.1, 0.15) is 5.56 Å². The molecule has 0 saturated heterocycles. The van der Waals surface area contributed by atoms with Crippen molar-refractivity contribution in [3.8, 4) is 0 Å². The molecular weight excluding hydrogens is 168 g/mol. The van der Waals surface area contributed by atoms with Gasteiger partial charge in [-0.1, -0.05) is 0 Å². The second kappa shape index (κ2) is 3.22. The zero-order valence-corrected chi connectivity index (χ0v) is 6.82. The highest BCUT2D eigenvalue weighted by Crippen LogP contribution is 1.98. The Kier molecular flexibility index (Phi) is 1.91. The third-order valence-corrected chi connectivity index (χ3v) is 1.65. The third kappa shape index (κ3) is 1.64. The van der Waals surface area contributed by atoms with E-state index < -0.39 is 0 Å². The number of rotatable bonds is 1. The number of carbonyl (C=O) groups is 1. The van der Waals surface area contributed by atoms with Crippen LogP contribution in [0.25, 0.3) is 0 Å². The van der Waals surface area contributed by atoms with E-state index in [4.69, 9.17) is 0 Å². The number of aromatic nitrogens is 1. The Balaban J connectivity index is 2.23. The third-order valence-electron chi connectivity index (χ3n) is 1.65. The summed E-state index contributed by atoms with van der Waals surface area (Å²) in [4.78, 5) is 18.7. The summed E-state index contributed by atoms with van der Waals surface area (Å²) < 4.78 is 0. The predicted octanol–water partition coefficient (Wildman–Crippen LogP) is -0.537. The summed E-state index contributed by atoms with van der Waals surface area (Å²) in [5, 5.41) is 0. The van der Waals surface area contributed by atoms with Crippen LogP contribution in [0.15, 0.2) is 29.5 Å². The number of nitrogens with zero attached hydrogens (tertiary/aromatic N) is 2. The van der Waals surface area contributed by atoms with E-state index in [2.05, 4.69) is 20.8 Å². The maximum Gasteiger partial charge on any atom is 0.260 e. The lowest BCUT2D eigenvalue weighted by Gasteiger charge is -2.14. The molecule has 0 unspecified atom stereocenters. The molecule has 0 spiro atoms. The minimum absolute atomic E-state index is 0.127. The number of hydrazine groups is 1. The number of amides is 1. The van der Waals surface area contributed by atoms with Gasteiger partial charge < -0.3 is 0 Å².